The van der Waals surface area contributed by atoms with E-state index in [4.69, 9.17) is 4.98 Å². The first kappa shape index (κ1) is 23.5. The highest BCUT2D eigenvalue weighted by Crippen LogP contribution is 2.33. The minimum Gasteiger partial charge on any atom is -0.338 e. The zero-order valence-electron chi connectivity index (χ0n) is 19.2. The van der Waals surface area contributed by atoms with Crippen molar-refractivity contribution in [3.05, 3.63) is 101 Å². The summed E-state index contributed by atoms with van der Waals surface area (Å²) in [5, 5.41) is 2.74. The van der Waals surface area contributed by atoms with Gasteiger partial charge in [0.25, 0.3) is 5.91 Å². The number of benzene rings is 2. The van der Waals surface area contributed by atoms with Crippen LogP contribution in [0.1, 0.15) is 60.0 Å². The van der Waals surface area contributed by atoms with Crippen LogP contribution in [0.3, 0.4) is 0 Å². The van der Waals surface area contributed by atoms with Gasteiger partial charge in [-0.1, -0.05) is 30.3 Å². The number of rotatable bonds is 6. The fraction of sp³-hybridized carbons (Fsp3) is 0.296. The number of hydrogen-bond donors (Lipinski definition) is 1. The van der Waals surface area contributed by atoms with Gasteiger partial charge in [-0.25, -0.2) is 8.78 Å². The second-order valence-electron chi connectivity index (χ2n) is 9.07. The molecule has 2 heterocycles. The number of carbonyl (C=O) groups is 2. The summed E-state index contributed by atoms with van der Waals surface area (Å²) < 4.78 is 27.6. The standard InChI is InChI=1S/C27H27F2N3O2/c1-27(2,31-25(33)19-9-5-10-20(28)16-19)26(34)32-15-7-14-24(32)23-13-6-11-21(30-23)17-18-8-3-4-12-22(18)29/h3-6,8-13,16,24H,7,14-15,17H2,1-2H3,(H,31,33)/t24-/m0/s1. The van der Waals surface area contributed by atoms with Crippen molar-refractivity contribution in [2.45, 2.75) is 44.7 Å². The fourth-order valence-corrected chi connectivity index (χ4v) is 4.33. The lowest BCUT2D eigenvalue weighted by Crippen LogP contribution is -2.55. The maximum absolute atomic E-state index is 14.1. The van der Waals surface area contributed by atoms with Crippen LogP contribution in [0.5, 0.6) is 0 Å². The van der Waals surface area contributed by atoms with E-state index in [-0.39, 0.29) is 23.3 Å². The number of nitrogens with one attached hydrogen (secondary N) is 1. The molecule has 3 aromatic rings. The second-order valence-corrected chi connectivity index (χ2v) is 9.07. The number of amides is 2. The Kier molecular flexibility index (Phi) is 6.72. The Labute approximate surface area is 197 Å². The van der Waals surface area contributed by atoms with Gasteiger partial charge in [-0.3, -0.25) is 14.6 Å². The lowest BCUT2D eigenvalue weighted by molar-refractivity contribution is -0.137. The number of halogens is 2. The van der Waals surface area contributed by atoms with Gasteiger partial charge in [0.1, 0.15) is 17.2 Å². The first-order chi connectivity index (χ1) is 16.2. The maximum Gasteiger partial charge on any atom is 0.252 e. The zero-order chi connectivity index (χ0) is 24.3. The number of likely N-dealkylation sites (tertiary alicyclic amines) is 1. The third-order valence-electron chi connectivity index (χ3n) is 6.06. The van der Waals surface area contributed by atoms with Crippen LogP contribution < -0.4 is 5.32 Å². The molecule has 2 amide bonds. The summed E-state index contributed by atoms with van der Waals surface area (Å²) in [5.74, 6) is -1.54. The summed E-state index contributed by atoms with van der Waals surface area (Å²) in [6, 6.07) is 17.3. The molecule has 2 aromatic carbocycles. The first-order valence-corrected chi connectivity index (χ1v) is 11.3. The minimum atomic E-state index is -1.20. The fourth-order valence-electron chi connectivity index (χ4n) is 4.33. The number of carbonyl (C=O) groups excluding carboxylic acids is 2. The molecule has 0 radical (unpaired) electrons. The van der Waals surface area contributed by atoms with Gasteiger partial charge in [0.2, 0.25) is 5.91 Å². The molecule has 1 aromatic heterocycles. The average Bonchev–Trinajstić information content (AvgIpc) is 3.30. The van der Waals surface area contributed by atoms with Crippen LogP contribution in [-0.4, -0.2) is 33.8 Å². The molecule has 1 aliphatic rings. The molecule has 0 saturated carbocycles. The van der Waals surface area contributed by atoms with Crippen LogP contribution in [0.2, 0.25) is 0 Å². The molecule has 0 spiro atoms. The van der Waals surface area contributed by atoms with Crippen LogP contribution in [0.25, 0.3) is 0 Å². The molecule has 1 fully saturated rings. The van der Waals surface area contributed by atoms with E-state index in [2.05, 4.69) is 5.32 Å². The molecule has 34 heavy (non-hydrogen) atoms. The number of aromatic nitrogens is 1. The van der Waals surface area contributed by atoms with Crippen molar-refractivity contribution in [3.8, 4) is 0 Å². The Morgan fingerprint density at radius 3 is 2.59 bits per heavy atom. The number of pyridine rings is 1. The third kappa shape index (κ3) is 5.14. The highest BCUT2D eigenvalue weighted by Gasteiger charge is 2.40. The minimum absolute atomic E-state index is 0.154. The monoisotopic (exact) mass is 463 g/mol. The molecular formula is C27H27F2N3O2. The van der Waals surface area contributed by atoms with Gasteiger partial charge < -0.3 is 10.2 Å². The summed E-state index contributed by atoms with van der Waals surface area (Å²) in [6.07, 6.45) is 1.91. The molecule has 1 aliphatic heterocycles. The van der Waals surface area contributed by atoms with Gasteiger partial charge in [0.15, 0.2) is 0 Å². The Balaban J connectivity index is 1.51. The van der Waals surface area contributed by atoms with Crippen molar-refractivity contribution in [2.75, 3.05) is 6.54 Å². The van der Waals surface area contributed by atoms with Gasteiger partial charge >= 0.3 is 0 Å². The third-order valence-corrected chi connectivity index (χ3v) is 6.06. The molecule has 5 nitrogen and oxygen atoms in total. The van der Waals surface area contributed by atoms with Crippen molar-refractivity contribution < 1.29 is 18.4 Å². The number of nitrogens with zero attached hydrogens (tertiary/aromatic N) is 2. The molecule has 176 valence electrons. The maximum atomic E-state index is 14.1. The van der Waals surface area contributed by atoms with Crippen LogP contribution in [0.4, 0.5) is 8.78 Å². The second kappa shape index (κ2) is 9.71. The van der Waals surface area contributed by atoms with Gasteiger partial charge in [0.05, 0.1) is 11.7 Å². The van der Waals surface area contributed by atoms with E-state index in [1.54, 1.807) is 36.9 Å². The van der Waals surface area contributed by atoms with Crippen LogP contribution in [0, 0.1) is 11.6 Å². The SMILES string of the molecule is CC(C)(NC(=O)c1cccc(F)c1)C(=O)N1CCC[C@H]1c1cccc(Cc2ccccc2F)n1. The van der Waals surface area contributed by atoms with Gasteiger partial charge in [-0.15, -0.1) is 0 Å². The summed E-state index contributed by atoms with van der Waals surface area (Å²) in [6.45, 7) is 3.83. The van der Waals surface area contributed by atoms with Gasteiger partial charge in [-0.2, -0.15) is 0 Å². The van der Waals surface area contributed by atoms with E-state index < -0.39 is 17.3 Å². The van der Waals surface area contributed by atoms with Crippen molar-refractivity contribution in [1.82, 2.24) is 15.2 Å². The lowest BCUT2D eigenvalue weighted by Gasteiger charge is -2.33. The quantitative estimate of drug-likeness (QED) is 0.570. The first-order valence-electron chi connectivity index (χ1n) is 11.3. The van der Waals surface area contributed by atoms with E-state index in [1.165, 1.54) is 24.3 Å². The van der Waals surface area contributed by atoms with E-state index in [0.717, 1.165) is 30.3 Å². The van der Waals surface area contributed by atoms with Crippen molar-refractivity contribution >= 4 is 11.8 Å². The van der Waals surface area contributed by atoms with Crippen molar-refractivity contribution in [2.24, 2.45) is 0 Å². The predicted molar refractivity (Wildman–Crippen MR) is 125 cm³/mol. The summed E-state index contributed by atoms with van der Waals surface area (Å²) in [7, 11) is 0. The number of hydrogen-bond acceptors (Lipinski definition) is 3. The Bertz CT molecular complexity index is 1210. The molecule has 0 unspecified atom stereocenters. The van der Waals surface area contributed by atoms with Crippen molar-refractivity contribution in [1.29, 1.82) is 0 Å². The molecule has 7 heteroatoms. The highest BCUT2D eigenvalue weighted by atomic mass is 19.1. The van der Waals surface area contributed by atoms with Crippen LogP contribution in [-0.2, 0) is 11.2 Å². The smallest absolute Gasteiger partial charge is 0.252 e. The molecule has 4 rings (SSSR count). The molecule has 0 aliphatic carbocycles. The van der Waals surface area contributed by atoms with E-state index >= 15 is 0 Å². The summed E-state index contributed by atoms with van der Waals surface area (Å²) in [5.41, 5.74) is 0.984. The summed E-state index contributed by atoms with van der Waals surface area (Å²) >= 11 is 0. The van der Waals surface area contributed by atoms with Crippen LogP contribution in [0.15, 0.2) is 66.7 Å². The largest absolute Gasteiger partial charge is 0.338 e. The van der Waals surface area contributed by atoms with Gasteiger partial charge in [0, 0.05) is 24.2 Å². The van der Waals surface area contributed by atoms with Gasteiger partial charge in [-0.05, 0) is 68.7 Å². The molecule has 1 N–H and O–H groups in total. The average molecular weight is 464 g/mol. The van der Waals surface area contributed by atoms with Crippen LogP contribution >= 0.6 is 0 Å². The lowest BCUT2D eigenvalue weighted by atomic mass is 10.0. The van der Waals surface area contributed by atoms with E-state index in [1.807, 2.05) is 18.2 Å². The van der Waals surface area contributed by atoms with E-state index in [0.29, 0.717) is 18.5 Å². The van der Waals surface area contributed by atoms with Crippen molar-refractivity contribution in [3.63, 3.8) is 0 Å². The molecule has 1 atom stereocenters. The molecule has 1 saturated heterocycles. The Morgan fingerprint density at radius 2 is 1.82 bits per heavy atom. The Morgan fingerprint density at radius 1 is 1.06 bits per heavy atom. The zero-order valence-corrected chi connectivity index (χ0v) is 19.2. The topological polar surface area (TPSA) is 62.3 Å². The molecule has 0 bridgehead atoms. The highest BCUT2D eigenvalue weighted by molar-refractivity contribution is 5.99. The molecular weight excluding hydrogens is 436 g/mol. The summed E-state index contributed by atoms with van der Waals surface area (Å²) in [4.78, 5) is 32.6. The normalized spacial score (nSPS) is 15.9. The Hall–Kier alpha value is -3.61. The predicted octanol–water partition coefficient (Wildman–Crippen LogP) is 4.82. The van der Waals surface area contributed by atoms with E-state index in [9.17, 15) is 18.4 Å².